The number of hydrogen-bond acceptors (Lipinski definition) is 5. The molecule has 3 aromatic rings. The van der Waals surface area contributed by atoms with Crippen LogP contribution in [0, 0.1) is 20.8 Å². The molecule has 2 aromatic heterocycles. The van der Waals surface area contributed by atoms with Crippen LogP contribution in [0.2, 0.25) is 0 Å². The average Bonchev–Trinajstić information content (AvgIpc) is 3.14. The summed E-state index contributed by atoms with van der Waals surface area (Å²) in [6.45, 7) is 7.38. The van der Waals surface area contributed by atoms with Crippen molar-refractivity contribution in [2.24, 2.45) is 0 Å². The lowest BCUT2D eigenvalue weighted by Crippen LogP contribution is -2.23. The average molecular weight is 448 g/mol. The van der Waals surface area contributed by atoms with Crippen molar-refractivity contribution in [3.63, 3.8) is 0 Å². The lowest BCUT2D eigenvalue weighted by Gasteiger charge is -2.12. The first-order valence-electron chi connectivity index (χ1n) is 10.00. The van der Waals surface area contributed by atoms with Crippen LogP contribution in [0.25, 0.3) is 5.78 Å². The van der Waals surface area contributed by atoms with Gasteiger partial charge in [0.25, 0.3) is 17.5 Å². The van der Waals surface area contributed by atoms with Crippen LogP contribution in [0.4, 0.5) is 18.9 Å². The zero-order chi connectivity index (χ0) is 23.6. The van der Waals surface area contributed by atoms with Gasteiger partial charge in [-0.1, -0.05) is 6.07 Å². The standard InChI is InChI=1S/C21H23F3N6O2/c1-5-25-18(32)14-7-6-11(2)16(10-14)27-17(31)9-8-15-12(3)26-20-28-19(21(22,23)24)29-30(20)13(15)4/h6-7,10H,5,8-9H2,1-4H3,(H,25,32)(H,27,31). The van der Waals surface area contributed by atoms with Crippen molar-refractivity contribution in [1.82, 2.24) is 24.9 Å². The van der Waals surface area contributed by atoms with Gasteiger partial charge >= 0.3 is 6.18 Å². The molecule has 0 unspecified atom stereocenters. The van der Waals surface area contributed by atoms with Gasteiger partial charge < -0.3 is 10.6 Å². The van der Waals surface area contributed by atoms with Gasteiger partial charge in [-0.3, -0.25) is 9.59 Å². The molecule has 2 heterocycles. The fourth-order valence-electron chi connectivity index (χ4n) is 3.30. The molecule has 0 atom stereocenters. The van der Waals surface area contributed by atoms with Crippen LogP contribution in [-0.2, 0) is 17.4 Å². The Morgan fingerprint density at radius 3 is 2.50 bits per heavy atom. The van der Waals surface area contributed by atoms with Crippen molar-refractivity contribution < 1.29 is 22.8 Å². The van der Waals surface area contributed by atoms with Crippen molar-refractivity contribution in [1.29, 1.82) is 0 Å². The molecule has 0 saturated heterocycles. The third kappa shape index (κ3) is 4.87. The van der Waals surface area contributed by atoms with Crippen LogP contribution in [0.15, 0.2) is 18.2 Å². The summed E-state index contributed by atoms with van der Waals surface area (Å²) in [7, 11) is 0. The molecule has 3 rings (SSSR count). The number of carbonyl (C=O) groups excluding carboxylic acids is 2. The number of aromatic nitrogens is 4. The fourth-order valence-corrected chi connectivity index (χ4v) is 3.30. The number of nitrogens with one attached hydrogen (secondary N) is 2. The van der Waals surface area contributed by atoms with Crippen molar-refractivity contribution >= 4 is 23.3 Å². The monoisotopic (exact) mass is 448 g/mol. The Balaban J connectivity index is 1.76. The molecule has 0 bridgehead atoms. The highest BCUT2D eigenvalue weighted by Gasteiger charge is 2.37. The van der Waals surface area contributed by atoms with Crippen LogP contribution in [0.3, 0.4) is 0 Å². The van der Waals surface area contributed by atoms with Crippen LogP contribution in [0.5, 0.6) is 0 Å². The van der Waals surface area contributed by atoms with Gasteiger partial charge in [0.1, 0.15) is 0 Å². The van der Waals surface area contributed by atoms with Gasteiger partial charge in [0, 0.05) is 35.6 Å². The Morgan fingerprint density at radius 1 is 1.12 bits per heavy atom. The van der Waals surface area contributed by atoms with Gasteiger partial charge in [-0.2, -0.15) is 18.2 Å². The van der Waals surface area contributed by atoms with Gasteiger partial charge in [0.05, 0.1) is 0 Å². The number of halogens is 3. The van der Waals surface area contributed by atoms with E-state index in [0.29, 0.717) is 34.7 Å². The molecule has 2 amide bonds. The molecule has 0 aliphatic carbocycles. The quantitative estimate of drug-likeness (QED) is 0.602. The van der Waals surface area contributed by atoms with Gasteiger partial charge in [-0.25, -0.2) is 9.50 Å². The molecular formula is C21H23F3N6O2. The maximum atomic E-state index is 12.9. The van der Waals surface area contributed by atoms with Gasteiger partial charge in [-0.15, -0.1) is 5.10 Å². The van der Waals surface area contributed by atoms with Crippen LogP contribution in [-0.4, -0.2) is 37.9 Å². The highest BCUT2D eigenvalue weighted by molar-refractivity contribution is 5.97. The third-order valence-corrected chi connectivity index (χ3v) is 5.02. The summed E-state index contributed by atoms with van der Waals surface area (Å²) in [6, 6.07) is 5.03. The molecule has 2 N–H and O–H groups in total. The number of fused-ring (bicyclic) bond motifs is 1. The Kier molecular flexibility index (Phi) is 6.47. The lowest BCUT2D eigenvalue weighted by atomic mass is 10.1. The summed E-state index contributed by atoms with van der Waals surface area (Å²) in [5, 5.41) is 9.01. The van der Waals surface area contributed by atoms with E-state index in [9.17, 15) is 22.8 Å². The predicted octanol–water partition coefficient (Wildman–Crippen LogP) is 3.39. The molecule has 1 aromatic carbocycles. The summed E-state index contributed by atoms with van der Waals surface area (Å²) in [4.78, 5) is 32.1. The van der Waals surface area contributed by atoms with E-state index in [4.69, 9.17) is 0 Å². The summed E-state index contributed by atoms with van der Waals surface area (Å²) in [5.41, 5.74) is 3.30. The van der Waals surface area contributed by atoms with Crippen LogP contribution < -0.4 is 10.6 Å². The van der Waals surface area contributed by atoms with Crippen molar-refractivity contribution in [3.8, 4) is 0 Å². The number of carbonyl (C=O) groups is 2. The number of benzene rings is 1. The second-order valence-corrected chi connectivity index (χ2v) is 7.34. The molecule has 0 radical (unpaired) electrons. The highest BCUT2D eigenvalue weighted by Crippen LogP contribution is 2.27. The Hall–Kier alpha value is -3.50. The molecule has 32 heavy (non-hydrogen) atoms. The predicted molar refractivity (Wildman–Crippen MR) is 111 cm³/mol. The molecule has 0 spiro atoms. The van der Waals surface area contributed by atoms with E-state index in [0.717, 1.165) is 10.1 Å². The Labute approximate surface area is 182 Å². The van der Waals surface area contributed by atoms with Crippen molar-refractivity contribution in [2.75, 3.05) is 11.9 Å². The minimum Gasteiger partial charge on any atom is -0.352 e. The Bertz CT molecular complexity index is 1190. The van der Waals surface area contributed by atoms with E-state index in [2.05, 4.69) is 25.7 Å². The second kappa shape index (κ2) is 8.93. The highest BCUT2D eigenvalue weighted by atomic mass is 19.4. The van der Waals surface area contributed by atoms with E-state index in [1.54, 1.807) is 32.0 Å². The molecule has 0 aliphatic heterocycles. The summed E-state index contributed by atoms with van der Waals surface area (Å²) in [6.07, 6.45) is -4.35. The molecule has 0 fully saturated rings. The number of alkyl halides is 3. The Morgan fingerprint density at radius 2 is 1.84 bits per heavy atom. The number of rotatable bonds is 6. The number of aryl methyl sites for hydroxylation is 3. The van der Waals surface area contributed by atoms with E-state index in [1.807, 2.05) is 13.8 Å². The summed E-state index contributed by atoms with van der Waals surface area (Å²) < 4.78 is 39.8. The number of nitrogens with zero attached hydrogens (tertiary/aromatic N) is 4. The van der Waals surface area contributed by atoms with Crippen LogP contribution >= 0.6 is 0 Å². The zero-order valence-electron chi connectivity index (χ0n) is 18.1. The van der Waals surface area contributed by atoms with E-state index in [1.165, 1.54) is 0 Å². The van der Waals surface area contributed by atoms with E-state index < -0.39 is 12.0 Å². The molecule has 170 valence electrons. The SMILES string of the molecule is CCNC(=O)c1ccc(C)c(NC(=O)CCc2c(C)nc3nc(C(F)(F)F)nn3c2C)c1. The summed E-state index contributed by atoms with van der Waals surface area (Å²) >= 11 is 0. The maximum absolute atomic E-state index is 12.9. The molecule has 8 nitrogen and oxygen atoms in total. The van der Waals surface area contributed by atoms with Gasteiger partial charge in [0.15, 0.2) is 0 Å². The largest absolute Gasteiger partial charge is 0.453 e. The van der Waals surface area contributed by atoms with Crippen LogP contribution in [0.1, 0.15) is 52.0 Å². The summed E-state index contributed by atoms with van der Waals surface area (Å²) in [5.74, 6) is -1.93. The van der Waals surface area contributed by atoms with Crippen molar-refractivity contribution in [2.45, 2.75) is 46.7 Å². The minimum atomic E-state index is -4.67. The second-order valence-electron chi connectivity index (χ2n) is 7.34. The smallest absolute Gasteiger partial charge is 0.352 e. The van der Waals surface area contributed by atoms with Crippen molar-refractivity contribution in [3.05, 3.63) is 52.1 Å². The molecule has 11 heteroatoms. The normalized spacial score (nSPS) is 11.6. The first kappa shape index (κ1) is 23.2. The first-order chi connectivity index (χ1) is 15.0. The van der Waals surface area contributed by atoms with Gasteiger partial charge in [0.2, 0.25) is 5.91 Å². The fraction of sp³-hybridized carbons (Fsp3) is 0.381. The molecule has 0 aliphatic rings. The topological polar surface area (TPSA) is 101 Å². The maximum Gasteiger partial charge on any atom is 0.453 e. The molecular weight excluding hydrogens is 425 g/mol. The van der Waals surface area contributed by atoms with Gasteiger partial charge in [-0.05, 0) is 57.4 Å². The number of amides is 2. The molecule has 0 saturated carbocycles. The number of hydrogen-bond donors (Lipinski definition) is 2. The lowest BCUT2D eigenvalue weighted by molar-refractivity contribution is -0.144. The minimum absolute atomic E-state index is 0.0700. The number of anilines is 1. The van der Waals surface area contributed by atoms with E-state index >= 15 is 0 Å². The zero-order valence-corrected chi connectivity index (χ0v) is 18.1. The third-order valence-electron chi connectivity index (χ3n) is 5.02. The first-order valence-corrected chi connectivity index (χ1v) is 10.00. The van der Waals surface area contributed by atoms with E-state index in [-0.39, 0.29) is 30.4 Å².